The zero-order valence-corrected chi connectivity index (χ0v) is 7.73. The molecule has 0 spiro atoms. The van der Waals surface area contributed by atoms with Gasteiger partial charge >= 0.3 is 12.1 Å². The van der Waals surface area contributed by atoms with Crippen LogP contribution in [0.2, 0.25) is 0 Å². The van der Waals surface area contributed by atoms with Crippen LogP contribution in [0.25, 0.3) is 0 Å². The molecule has 0 fully saturated rings. The van der Waals surface area contributed by atoms with Crippen molar-refractivity contribution in [3.05, 3.63) is 0 Å². The van der Waals surface area contributed by atoms with Crippen molar-refractivity contribution in [1.82, 2.24) is 0 Å². The number of alkyl halides is 3. The second-order valence-corrected chi connectivity index (χ2v) is 2.91. The molecule has 0 radical (unpaired) electrons. The number of halogens is 3. The summed E-state index contributed by atoms with van der Waals surface area (Å²) in [4.78, 5) is 11.0. The number of ether oxygens (including phenoxy) is 1. The van der Waals surface area contributed by atoms with E-state index >= 15 is 0 Å². The van der Waals surface area contributed by atoms with Crippen LogP contribution in [-0.4, -0.2) is 30.8 Å². The molecular weight excluding hydrogens is 201 g/mol. The lowest BCUT2D eigenvalue weighted by Gasteiger charge is -2.23. The minimum absolute atomic E-state index is 0.125. The van der Waals surface area contributed by atoms with Crippen LogP contribution in [0.15, 0.2) is 0 Å². The molecule has 0 aliphatic carbocycles. The van der Waals surface area contributed by atoms with Crippen LogP contribution in [0.4, 0.5) is 13.2 Å². The van der Waals surface area contributed by atoms with Crippen molar-refractivity contribution in [2.24, 2.45) is 11.5 Å². The van der Waals surface area contributed by atoms with Crippen LogP contribution < -0.4 is 11.5 Å². The molecule has 0 aliphatic rings. The summed E-state index contributed by atoms with van der Waals surface area (Å²) in [6.45, 7) is -0.341. The van der Waals surface area contributed by atoms with E-state index in [0.29, 0.717) is 0 Å². The Hall–Kier alpha value is -0.820. The first-order chi connectivity index (χ1) is 6.25. The molecule has 1 unspecified atom stereocenters. The monoisotopic (exact) mass is 214 g/mol. The minimum Gasteiger partial charge on any atom is -0.455 e. The van der Waals surface area contributed by atoms with Gasteiger partial charge in [-0.25, -0.2) is 0 Å². The van der Waals surface area contributed by atoms with Crippen molar-refractivity contribution in [1.29, 1.82) is 0 Å². The normalized spacial score (nSPS) is 16.1. The molecule has 0 saturated heterocycles. The van der Waals surface area contributed by atoms with Crippen molar-refractivity contribution in [2.45, 2.75) is 25.1 Å². The van der Waals surface area contributed by atoms with E-state index in [-0.39, 0.29) is 13.0 Å². The number of hydrogen-bond donors (Lipinski definition) is 2. The van der Waals surface area contributed by atoms with E-state index in [1.807, 2.05) is 0 Å². The third-order valence-corrected chi connectivity index (χ3v) is 1.77. The standard InChI is InChI=1S/C7H13F3N2O2/c1-2-6(12,3-11)5(13)14-4-7(8,9)10/h2-4,11-12H2,1H3. The van der Waals surface area contributed by atoms with Crippen molar-refractivity contribution >= 4 is 5.97 Å². The molecule has 0 aliphatic heterocycles. The Morgan fingerprint density at radius 1 is 1.43 bits per heavy atom. The van der Waals surface area contributed by atoms with Gasteiger partial charge in [0.1, 0.15) is 5.54 Å². The SMILES string of the molecule is CCC(N)(CN)C(=O)OCC(F)(F)F. The van der Waals surface area contributed by atoms with Gasteiger partial charge in [-0.15, -0.1) is 0 Å². The third kappa shape index (κ3) is 3.93. The molecule has 0 saturated carbocycles. The molecule has 0 aromatic carbocycles. The molecule has 7 heteroatoms. The fourth-order valence-corrected chi connectivity index (χ4v) is 0.663. The third-order valence-electron chi connectivity index (χ3n) is 1.77. The smallest absolute Gasteiger partial charge is 0.422 e. The zero-order valence-electron chi connectivity index (χ0n) is 7.73. The first kappa shape index (κ1) is 13.2. The van der Waals surface area contributed by atoms with E-state index in [1.54, 1.807) is 6.92 Å². The maximum absolute atomic E-state index is 11.7. The Morgan fingerprint density at radius 3 is 2.21 bits per heavy atom. The summed E-state index contributed by atoms with van der Waals surface area (Å²) < 4.78 is 39.0. The van der Waals surface area contributed by atoms with Gasteiger partial charge in [0.05, 0.1) is 0 Å². The summed E-state index contributed by atoms with van der Waals surface area (Å²) in [5.74, 6) is -1.13. The average Bonchev–Trinajstić information content (AvgIpc) is 2.11. The molecule has 0 amide bonds. The van der Waals surface area contributed by atoms with E-state index in [0.717, 1.165) is 0 Å². The van der Waals surface area contributed by atoms with Crippen molar-refractivity contribution < 1.29 is 22.7 Å². The minimum atomic E-state index is -4.54. The molecule has 84 valence electrons. The Morgan fingerprint density at radius 2 is 1.93 bits per heavy atom. The summed E-state index contributed by atoms with van der Waals surface area (Å²) >= 11 is 0. The average molecular weight is 214 g/mol. The number of carbonyl (C=O) groups excluding carboxylic acids is 1. The van der Waals surface area contributed by atoms with Gasteiger partial charge in [0, 0.05) is 6.54 Å². The number of hydrogen-bond acceptors (Lipinski definition) is 4. The molecular formula is C7H13F3N2O2. The highest BCUT2D eigenvalue weighted by Gasteiger charge is 2.36. The Bertz CT molecular complexity index is 202. The van der Waals surface area contributed by atoms with Gasteiger partial charge in [0.2, 0.25) is 0 Å². The molecule has 0 aromatic heterocycles. The number of carbonyl (C=O) groups is 1. The molecule has 0 aromatic rings. The lowest BCUT2D eigenvalue weighted by molar-refractivity contribution is -0.190. The fourth-order valence-electron chi connectivity index (χ4n) is 0.663. The summed E-state index contributed by atoms with van der Waals surface area (Å²) in [5, 5.41) is 0. The van der Waals surface area contributed by atoms with E-state index < -0.39 is 24.3 Å². The maximum Gasteiger partial charge on any atom is 0.422 e. The van der Waals surface area contributed by atoms with Crippen LogP contribution in [0, 0.1) is 0 Å². The number of nitrogens with two attached hydrogens (primary N) is 2. The Labute approximate surface area is 79.4 Å². The molecule has 1 atom stereocenters. The van der Waals surface area contributed by atoms with Crippen molar-refractivity contribution in [3.8, 4) is 0 Å². The van der Waals surface area contributed by atoms with E-state index in [2.05, 4.69) is 4.74 Å². The van der Waals surface area contributed by atoms with Crippen LogP contribution >= 0.6 is 0 Å². The van der Waals surface area contributed by atoms with Gasteiger partial charge in [-0.2, -0.15) is 13.2 Å². The van der Waals surface area contributed by atoms with Crippen LogP contribution in [0.1, 0.15) is 13.3 Å². The number of esters is 1. The van der Waals surface area contributed by atoms with Crippen molar-refractivity contribution in [2.75, 3.05) is 13.2 Å². The first-order valence-electron chi connectivity index (χ1n) is 3.98. The Kier molecular flexibility index (Phi) is 4.34. The van der Waals surface area contributed by atoms with Gasteiger partial charge < -0.3 is 16.2 Å². The summed E-state index contributed by atoms with van der Waals surface area (Å²) in [6.07, 6.45) is -4.42. The highest BCUT2D eigenvalue weighted by atomic mass is 19.4. The molecule has 0 bridgehead atoms. The summed E-state index contributed by atoms with van der Waals surface area (Å²) in [6, 6.07) is 0. The lowest BCUT2D eigenvalue weighted by Crippen LogP contribution is -2.54. The van der Waals surface area contributed by atoms with Gasteiger partial charge in [0.25, 0.3) is 0 Å². The predicted octanol–water partition coefficient (Wildman–Crippen LogP) is 0.158. The van der Waals surface area contributed by atoms with Gasteiger partial charge in [-0.1, -0.05) is 6.92 Å². The zero-order chi connectivity index (χ0) is 11.4. The lowest BCUT2D eigenvalue weighted by atomic mass is 9.98. The van der Waals surface area contributed by atoms with Crippen LogP contribution in [-0.2, 0) is 9.53 Å². The van der Waals surface area contributed by atoms with E-state index in [1.165, 1.54) is 0 Å². The molecule has 4 N–H and O–H groups in total. The largest absolute Gasteiger partial charge is 0.455 e. The van der Waals surface area contributed by atoms with Crippen LogP contribution in [0.5, 0.6) is 0 Å². The van der Waals surface area contributed by atoms with Gasteiger partial charge in [-0.05, 0) is 6.42 Å². The summed E-state index contributed by atoms with van der Waals surface area (Å²) in [5.41, 5.74) is 9.03. The van der Waals surface area contributed by atoms with E-state index in [4.69, 9.17) is 11.5 Å². The maximum atomic E-state index is 11.7. The molecule has 0 heterocycles. The summed E-state index contributed by atoms with van der Waals surface area (Å²) in [7, 11) is 0. The number of rotatable bonds is 4. The predicted molar refractivity (Wildman–Crippen MR) is 43.3 cm³/mol. The second kappa shape index (κ2) is 4.61. The van der Waals surface area contributed by atoms with E-state index in [9.17, 15) is 18.0 Å². The second-order valence-electron chi connectivity index (χ2n) is 2.91. The van der Waals surface area contributed by atoms with Crippen LogP contribution in [0.3, 0.4) is 0 Å². The Balaban J connectivity index is 4.20. The first-order valence-corrected chi connectivity index (χ1v) is 3.98. The van der Waals surface area contributed by atoms with Gasteiger partial charge in [0.15, 0.2) is 6.61 Å². The molecule has 4 nitrogen and oxygen atoms in total. The topological polar surface area (TPSA) is 78.3 Å². The van der Waals surface area contributed by atoms with Crippen molar-refractivity contribution in [3.63, 3.8) is 0 Å². The molecule has 0 rings (SSSR count). The highest BCUT2D eigenvalue weighted by molar-refractivity contribution is 5.80. The quantitative estimate of drug-likeness (QED) is 0.653. The molecule has 14 heavy (non-hydrogen) atoms. The van der Waals surface area contributed by atoms with Gasteiger partial charge in [-0.3, -0.25) is 4.79 Å². The highest BCUT2D eigenvalue weighted by Crippen LogP contribution is 2.16. The fraction of sp³-hybridized carbons (Fsp3) is 0.857.